The second kappa shape index (κ2) is 8.68. The quantitative estimate of drug-likeness (QED) is 0.743. The third kappa shape index (κ3) is 6.22. The van der Waals surface area contributed by atoms with Gasteiger partial charge in [0.05, 0.1) is 12.7 Å². The number of amides is 1. The van der Waals surface area contributed by atoms with Crippen LogP contribution in [0.25, 0.3) is 11.1 Å². The molecule has 8 nitrogen and oxygen atoms in total. The minimum absolute atomic E-state index is 0.272. The topological polar surface area (TPSA) is 103 Å². The summed E-state index contributed by atoms with van der Waals surface area (Å²) in [7, 11) is 0. The third-order valence-electron chi connectivity index (χ3n) is 3.40. The van der Waals surface area contributed by atoms with Crippen LogP contribution in [0.4, 0.5) is 13.6 Å². The van der Waals surface area contributed by atoms with E-state index in [0.29, 0.717) is 17.7 Å². The summed E-state index contributed by atoms with van der Waals surface area (Å²) in [6.07, 6.45) is 2.59. The van der Waals surface area contributed by atoms with Crippen LogP contribution in [-0.2, 0) is 11.3 Å². The lowest BCUT2D eigenvalue weighted by Gasteiger charge is -2.19. The standard InChI is InChI=1S/C18H21F2N3O5/c1-18(2,3)28-17(26)21-6-7-23-10-12(9-22-23)11-4-5-13(15(24)25)14(8-11)27-16(19)20/h4-5,8-10,16H,6-7H2,1-3H3,(H,21,26)(H,24,25). The molecule has 2 aromatic rings. The predicted octanol–water partition coefficient (Wildman–Crippen LogP) is 3.37. The lowest BCUT2D eigenvalue weighted by atomic mass is 10.1. The Morgan fingerprint density at radius 3 is 2.61 bits per heavy atom. The fraction of sp³-hybridized carbons (Fsp3) is 0.389. The van der Waals surface area contributed by atoms with Gasteiger partial charge in [-0.3, -0.25) is 4.68 Å². The molecule has 28 heavy (non-hydrogen) atoms. The zero-order chi connectivity index (χ0) is 20.9. The van der Waals surface area contributed by atoms with Gasteiger partial charge in [-0.15, -0.1) is 0 Å². The van der Waals surface area contributed by atoms with Gasteiger partial charge in [0.15, 0.2) is 0 Å². The van der Waals surface area contributed by atoms with Crippen molar-refractivity contribution in [2.45, 2.75) is 39.5 Å². The van der Waals surface area contributed by atoms with Crippen molar-refractivity contribution in [2.75, 3.05) is 6.54 Å². The normalized spacial score (nSPS) is 11.4. The van der Waals surface area contributed by atoms with Crippen molar-refractivity contribution in [1.82, 2.24) is 15.1 Å². The molecule has 1 heterocycles. The van der Waals surface area contributed by atoms with Crippen molar-refractivity contribution in [3.05, 3.63) is 36.2 Å². The minimum atomic E-state index is -3.14. The van der Waals surface area contributed by atoms with Crippen molar-refractivity contribution in [3.63, 3.8) is 0 Å². The molecule has 0 saturated heterocycles. The van der Waals surface area contributed by atoms with E-state index in [9.17, 15) is 18.4 Å². The van der Waals surface area contributed by atoms with Crippen LogP contribution in [0.2, 0.25) is 0 Å². The average molecular weight is 397 g/mol. The van der Waals surface area contributed by atoms with Gasteiger partial charge >= 0.3 is 18.7 Å². The van der Waals surface area contributed by atoms with Crippen LogP contribution >= 0.6 is 0 Å². The Kier molecular flexibility index (Phi) is 6.55. The van der Waals surface area contributed by atoms with Gasteiger partial charge in [-0.25, -0.2) is 9.59 Å². The molecule has 0 radical (unpaired) electrons. The summed E-state index contributed by atoms with van der Waals surface area (Å²) in [5.74, 6) is -1.80. The number of alkyl carbamates (subject to hydrolysis) is 1. The molecule has 2 rings (SSSR count). The molecule has 0 aliphatic rings. The predicted molar refractivity (Wildman–Crippen MR) is 95.5 cm³/mol. The van der Waals surface area contributed by atoms with Gasteiger partial charge in [-0.05, 0) is 38.5 Å². The van der Waals surface area contributed by atoms with Crippen LogP contribution in [-0.4, -0.2) is 45.7 Å². The number of ether oxygens (including phenoxy) is 2. The first-order chi connectivity index (χ1) is 13.0. The van der Waals surface area contributed by atoms with Crippen LogP contribution in [0.5, 0.6) is 5.75 Å². The molecule has 152 valence electrons. The van der Waals surface area contributed by atoms with Gasteiger partial charge in [-0.2, -0.15) is 13.9 Å². The number of nitrogens with one attached hydrogen (secondary N) is 1. The third-order valence-corrected chi connectivity index (χ3v) is 3.40. The highest BCUT2D eigenvalue weighted by Crippen LogP contribution is 2.28. The summed E-state index contributed by atoms with van der Waals surface area (Å²) in [5, 5.41) is 15.8. The van der Waals surface area contributed by atoms with E-state index < -0.39 is 30.0 Å². The molecule has 1 aromatic carbocycles. The Balaban J connectivity index is 2.05. The second-order valence-corrected chi connectivity index (χ2v) is 6.82. The van der Waals surface area contributed by atoms with Crippen molar-refractivity contribution in [2.24, 2.45) is 0 Å². The maximum absolute atomic E-state index is 12.5. The molecule has 0 fully saturated rings. The molecule has 10 heteroatoms. The number of hydrogen-bond donors (Lipinski definition) is 2. The summed E-state index contributed by atoms with van der Waals surface area (Å²) < 4.78 is 36.0. The van der Waals surface area contributed by atoms with Gasteiger partial charge in [0, 0.05) is 18.3 Å². The molecular weight excluding hydrogens is 376 g/mol. The molecule has 1 aromatic heterocycles. The number of aromatic nitrogens is 2. The molecular formula is C18H21F2N3O5. The van der Waals surface area contributed by atoms with E-state index in [-0.39, 0.29) is 12.1 Å². The van der Waals surface area contributed by atoms with E-state index >= 15 is 0 Å². The maximum atomic E-state index is 12.5. The maximum Gasteiger partial charge on any atom is 0.407 e. The number of aromatic carboxylic acids is 1. The number of benzene rings is 1. The number of carbonyl (C=O) groups excluding carboxylic acids is 1. The second-order valence-electron chi connectivity index (χ2n) is 6.82. The number of carboxylic acid groups (broad SMARTS) is 1. The van der Waals surface area contributed by atoms with E-state index in [2.05, 4.69) is 15.2 Å². The first kappa shape index (κ1) is 21.1. The lowest BCUT2D eigenvalue weighted by Crippen LogP contribution is -2.34. The first-order valence-electron chi connectivity index (χ1n) is 8.37. The van der Waals surface area contributed by atoms with Crippen molar-refractivity contribution in [3.8, 4) is 16.9 Å². The fourth-order valence-corrected chi connectivity index (χ4v) is 2.29. The Bertz CT molecular complexity index is 846. The highest BCUT2D eigenvalue weighted by Gasteiger charge is 2.17. The Morgan fingerprint density at radius 1 is 1.29 bits per heavy atom. The van der Waals surface area contributed by atoms with E-state index in [0.717, 1.165) is 0 Å². The fourth-order valence-electron chi connectivity index (χ4n) is 2.29. The summed E-state index contributed by atoms with van der Waals surface area (Å²) >= 11 is 0. The number of alkyl halides is 2. The highest BCUT2D eigenvalue weighted by atomic mass is 19.3. The van der Waals surface area contributed by atoms with E-state index in [1.807, 2.05) is 0 Å². The number of hydrogen-bond acceptors (Lipinski definition) is 5. The number of nitrogens with zero attached hydrogens (tertiary/aromatic N) is 2. The van der Waals surface area contributed by atoms with Gasteiger partial charge in [-0.1, -0.05) is 6.07 Å². The SMILES string of the molecule is CC(C)(C)OC(=O)NCCn1cc(-c2ccc(C(=O)O)c(OC(F)F)c2)cn1. The van der Waals surface area contributed by atoms with E-state index in [4.69, 9.17) is 9.84 Å². The van der Waals surface area contributed by atoms with Gasteiger partial charge in [0.25, 0.3) is 0 Å². The Morgan fingerprint density at radius 2 is 2.00 bits per heavy atom. The minimum Gasteiger partial charge on any atom is -0.478 e. The zero-order valence-corrected chi connectivity index (χ0v) is 15.6. The van der Waals surface area contributed by atoms with Crippen LogP contribution in [0.3, 0.4) is 0 Å². The smallest absolute Gasteiger partial charge is 0.407 e. The summed E-state index contributed by atoms with van der Waals surface area (Å²) in [6, 6.07) is 3.88. The number of rotatable bonds is 7. The number of carbonyl (C=O) groups is 2. The van der Waals surface area contributed by atoms with Crippen LogP contribution in [0.1, 0.15) is 31.1 Å². The summed E-state index contributed by atoms with van der Waals surface area (Å²) in [4.78, 5) is 22.7. The summed E-state index contributed by atoms with van der Waals surface area (Å²) in [5.41, 5.74) is 0.0848. The zero-order valence-electron chi connectivity index (χ0n) is 15.6. The lowest BCUT2D eigenvalue weighted by molar-refractivity contribution is -0.0503. The Hall–Kier alpha value is -3.17. The van der Waals surface area contributed by atoms with Gasteiger partial charge in [0.1, 0.15) is 16.9 Å². The largest absolute Gasteiger partial charge is 0.478 e. The van der Waals surface area contributed by atoms with Crippen LogP contribution in [0, 0.1) is 0 Å². The van der Waals surface area contributed by atoms with Crippen molar-refractivity contribution in [1.29, 1.82) is 0 Å². The van der Waals surface area contributed by atoms with Gasteiger partial charge < -0.3 is 19.9 Å². The molecule has 1 amide bonds. The molecule has 0 atom stereocenters. The van der Waals surface area contributed by atoms with Crippen LogP contribution < -0.4 is 10.1 Å². The first-order valence-corrected chi connectivity index (χ1v) is 8.37. The highest BCUT2D eigenvalue weighted by molar-refractivity contribution is 5.92. The molecule has 0 saturated carbocycles. The number of halogens is 2. The molecule has 0 aliphatic heterocycles. The van der Waals surface area contributed by atoms with Gasteiger partial charge in [0.2, 0.25) is 0 Å². The van der Waals surface area contributed by atoms with Crippen molar-refractivity contribution >= 4 is 12.1 Å². The number of carboxylic acids is 1. The van der Waals surface area contributed by atoms with Crippen LogP contribution in [0.15, 0.2) is 30.6 Å². The van der Waals surface area contributed by atoms with E-state index in [1.165, 1.54) is 24.4 Å². The van der Waals surface area contributed by atoms with E-state index in [1.54, 1.807) is 31.6 Å². The molecule has 0 aliphatic carbocycles. The Labute approximate surface area is 160 Å². The molecule has 0 unspecified atom stereocenters. The molecule has 0 bridgehead atoms. The summed E-state index contributed by atoms with van der Waals surface area (Å²) in [6.45, 7) is 2.76. The van der Waals surface area contributed by atoms with Crippen molar-refractivity contribution < 1.29 is 33.0 Å². The molecule has 0 spiro atoms. The average Bonchev–Trinajstić information content (AvgIpc) is 3.01. The monoisotopic (exact) mass is 397 g/mol. The molecule has 2 N–H and O–H groups in total.